The van der Waals surface area contributed by atoms with E-state index in [9.17, 15) is 29.7 Å². The fraction of sp³-hybridized carbons (Fsp3) is 0.682. The molecule has 3 N–H and O–H groups in total. The minimum atomic E-state index is -1.25. The Labute approximate surface area is 170 Å². The normalized spacial score (nSPS) is 35.2. The molecule has 0 unspecified atom stereocenters. The number of aliphatic hydroxyl groups is 3. The van der Waals surface area contributed by atoms with Crippen molar-refractivity contribution in [1.82, 2.24) is 0 Å². The van der Waals surface area contributed by atoms with E-state index in [-0.39, 0.29) is 22.1 Å². The van der Waals surface area contributed by atoms with E-state index in [1.165, 1.54) is 13.8 Å². The standard InChI is InChI=1S/C22H30O7/c1-10(9-23)12-15(25)13-14(17(27)16(12)26)22(5)8-6-7-21(3,4)20(22)18(28)19(13)29-11(2)24/h10,18-20,23,25,28H,6-9H2,1-5H3/t10-,18+,19-,20-,22+/m0/s1. The molecule has 7 nitrogen and oxygen atoms in total. The third kappa shape index (κ3) is 3.06. The van der Waals surface area contributed by atoms with E-state index >= 15 is 0 Å². The van der Waals surface area contributed by atoms with Gasteiger partial charge in [-0.05, 0) is 18.3 Å². The summed E-state index contributed by atoms with van der Waals surface area (Å²) in [5, 5.41) is 31.9. The summed E-state index contributed by atoms with van der Waals surface area (Å²) in [5.41, 5.74) is -1.25. The molecule has 5 atom stereocenters. The first-order chi connectivity index (χ1) is 13.4. The second kappa shape index (κ2) is 7.06. The zero-order valence-corrected chi connectivity index (χ0v) is 17.6. The molecule has 0 radical (unpaired) electrons. The van der Waals surface area contributed by atoms with Gasteiger partial charge in [-0.2, -0.15) is 0 Å². The molecule has 0 heterocycles. The lowest BCUT2D eigenvalue weighted by atomic mass is 9.47. The zero-order chi connectivity index (χ0) is 21.9. The maximum atomic E-state index is 13.3. The Morgan fingerprint density at radius 2 is 1.83 bits per heavy atom. The molecule has 0 amide bonds. The molecular weight excluding hydrogens is 376 g/mol. The zero-order valence-electron chi connectivity index (χ0n) is 17.6. The minimum absolute atomic E-state index is 0.0176. The number of allylic oxidation sites excluding steroid dienone is 1. The van der Waals surface area contributed by atoms with Crippen molar-refractivity contribution in [3.05, 3.63) is 22.5 Å². The molecule has 0 bridgehead atoms. The number of ether oxygens (including phenoxy) is 1. The Hall–Kier alpha value is -1.99. The van der Waals surface area contributed by atoms with Gasteiger partial charge in [0.25, 0.3) is 0 Å². The van der Waals surface area contributed by atoms with E-state index in [0.29, 0.717) is 6.42 Å². The van der Waals surface area contributed by atoms with E-state index in [2.05, 4.69) is 0 Å². The average molecular weight is 406 g/mol. The predicted octanol–water partition coefficient (Wildman–Crippen LogP) is 2.01. The summed E-state index contributed by atoms with van der Waals surface area (Å²) in [6.45, 7) is 8.13. The largest absolute Gasteiger partial charge is 0.507 e. The van der Waals surface area contributed by atoms with Gasteiger partial charge in [-0.1, -0.05) is 34.1 Å². The fourth-order valence-corrected chi connectivity index (χ4v) is 5.98. The number of fused-ring (bicyclic) bond motifs is 2. The molecule has 3 aliphatic carbocycles. The number of esters is 1. The molecule has 0 aromatic carbocycles. The Morgan fingerprint density at radius 1 is 1.21 bits per heavy atom. The lowest BCUT2D eigenvalue weighted by molar-refractivity contribution is -0.166. The monoisotopic (exact) mass is 406 g/mol. The van der Waals surface area contributed by atoms with Crippen molar-refractivity contribution in [2.45, 2.75) is 66.1 Å². The minimum Gasteiger partial charge on any atom is -0.507 e. The summed E-state index contributed by atoms with van der Waals surface area (Å²) in [6.07, 6.45) is -0.215. The van der Waals surface area contributed by atoms with Crippen molar-refractivity contribution in [3.63, 3.8) is 0 Å². The van der Waals surface area contributed by atoms with Crippen LogP contribution in [0.15, 0.2) is 22.5 Å². The van der Waals surface area contributed by atoms with Crippen molar-refractivity contribution in [2.75, 3.05) is 6.61 Å². The molecular formula is C22H30O7. The molecule has 3 aliphatic rings. The first-order valence-corrected chi connectivity index (χ1v) is 10.1. The summed E-state index contributed by atoms with van der Waals surface area (Å²) in [5.74, 6) is -3.92. The Morgan fingerprint density at radius 3 is 2.38 bits per heavy atom. The number of rotatable bonds is 3. The third-order valence-corrected chi connectivity index (χ3v) is 7.07. The number of hydrogen-bond acceptors (Lipinski definition) is 7. The lowest BCUT2D eigenvalue weighted by Crippen LogP contribution is -2.60. The number of aliphatic hydroxyl groups excluding tert-OH is 3. The van der Waals surface area contributed by atoms with Gasteiger partial charge in [0, 0.05) is 41.9 Å². The van der Waals surface area contributed by atoms with Gasteiger partial charge >= 0.3 is 5.97 Å². The smallest absolute Gasteiger partial charge is 0.303 e. The average Bonchev–Trinajstić information content (AvgIpc) is 2.60. The van der Waals surface area contributed by atoms with Gasteiger partial charge in [0.1, 0.15) is 5.76 Å². The quantitative estimate of drug-likeness (QED) is 0.372. The maximum absolute atomic E-state index is 13.3. The Balaban J connectivity index is 2.35. The topological polar surface area (TPSA) is 121 Å². The summed E-state index contributed by atoms with van der Waals surface area (Å²) >= 11 is 0. The van der Waals surface area contributed by atoms with Gasteiger partial charge < -0.3 is 20.1 Å². The highest BCUT2D eigenvalue weighted by Crippen LogP contribution is 2.61. The van der Waals surface area contributed by atoms with Crippen molar-refractivity contribution in [2.24, 2.45) is 22.7 Å². The molecule has 0 aromatic heterocycles. The summed E-state index contributed by atoms with van der Waals surface area (Å²) < 4.78 is 5.41. The molecule has 0 spiro atoms. The molecule has 1 fully saturated rings. The highest BCUT2D eigenvalue weighted by Gasteiger charge is 2.62. The van der Waals surface area contributed by atoms with Crippen molar-refractivity contribution in [1.29, 1.82) is 0 Å². The van der Waals surface area contributed by atoms with Crippen LogP contribution in [-0.4, -0.2) is 51.7 Å². The molecule has 29 heavy (non-hydrogen) atoms. The van der Waals surface area contributed by atoms with Crippen molar-refractivity contribution >= 4 is 17.5 Å². The molecule has 0 aliphatic heterocycles. The van der Waals surface area contributed by atoms with Crippen LogP contribution in [0.2, 0.25) is 0 Å². The van der Waals surface area contributed by atoms with Crippen LogP contribution >= 0.6 is 0 Å². The molecule has 0 aromatic rings. The predicted molar refractivity (Wildman–Crippen MR) is 104 cm³/mol. The first kappa shape index (κ1) is 21.7. The fourth-order valence-electron chi connectivity index (χ4n) is 5.98. The highest BCUT2D eigenvalue weighted by atomic mass is 16.6. The van der Waals surface area contributed by atoms with E-state index in [4.69, 9.17) is 4.74 Å². The van der Waals surface area contributed by atoms with Crippen molar-refractivity contribution in [3.8, 4) is 0 Å². The summed E-state index contributed by atoms with van der Waals surface area (Å²) in [7, 11) is 0. The summed E-state index contributed by atoms with van der Waals surface area (Å²) in [6, 6.07) is 0. The van der Waals surface area contributed by atoms with Gasteiger partial charge in [0.15, 0.2) is 6.10 Å². The Kier molecular flexibility index (Phi) is 5.28. The molecule has 0 saturated heterocycles. The number of Topliss-reactive ketones (excluding diaryl/α,β-unsaturated/α-hetero) is 2. The van der Waals surface area contributed by atoms with Gasteiger partial charge in [-0.15, -0.1) is 0 Å². The van der Waals surface area contributed by atoms with E-state index < -0.39 is 59.4 Å². The summed E-state index contributed by atoms with van der Waals surface area (Å²) in [4.78, 5) is 38.0. The molecule has 7 heteroatoms. The van der Waals surface area contributed by atoms with Crippen LogP contribution in [0.3, 0.4) is 0 Å². The second-order valence-electron chi connectivity index (χ2n) is 9.55. The lowest BCUT2D eigenvalue weighted by Gasteiger charge is -2.58. The number of carbonyl (C=O) groups is 3. The molecule has 160 valence electrons. The number of carbonyl (C=O) groups excluding carboxylic acids is 3. The van der Waals surface area contributed by atoms with Crippen LogP contribution in [0.5, 0.6) is 0 Å². The van der Waals surface area contributed by atoms with Crippen LogP contribution in [0.4, 0.5) is 0 Å². The van der Waals surface area contributed by atoms with Crippen LogP contribution in [-0.2, 0) is 19.1 Å². The van der Waals surface area contributed by atoms with E-state index in [1.807, 2.05) is 20.8 Å². The van der Waals surface area contributed by atoms with Crippen molar-refractivity contribution < 1.29 is 34.4 Å². The van der Waals surface area contributed by atoms with Gasteiger partial charge in [0.05, 0.1) is 11.7 Å². The first-order valence-electron chi connectivity index (χ1n) is 10.1. The third-order valence-electron chi connectivity index (χ3n) is 7.07. The number of ketones is 2. The number of hydrogen-bond donors (Lipinski definition) is 3. The van der Waals surface area contributed by atoms with E-state index in [0.717, 1.165) is 12.8 Å². The molecule has 3 rings (SSSR count). The van der Waals surface area contributed by atoms with E-state index in [1.54, 1.807) is 0 Å². The maximum Gasteiger partial charge on any atom is 0.303 e. The highest BCUT2D eigenvalue weighted by molar-refractivity contribution is 6.50. The van der Waals surface area contributed by atoms with Crippen LogP contribution in [0.1, 0.15) is 53.9 Å². The van der Waals surface area contributed by atoms with Crippen LogP contribution in [0, 0.1) is 22.7 Å². The Bertz CT molecular complexity index is 834. The second-order valence-corrected chi connectivity index (χ2v) is 9.55. The SMILES string of the molecule is CC(=O)O[C@H]1C2=C(C(=O)C(=O)C([C@@H](C)CO)=C2O)[C@@]2(C)CCCC(C)(C)[C@@H]2[C@@H]1O. The van der Waals surface area contributed by atoms with Gasteiger partial charge in [-0.25, -0.2) is 0 Å². The van der Waals surface area contributed by atoms with Crippen LogP contribution < -0.4 is 0 Å². The van der Waals surface area contributed by atoms with Gasteiger partial charge in [-0.3, -0.25) is 14.4 Å². The van der Waals surface area contributed by atoms with Gasteiger partial charge in [0.2, 0.25) is 11.6 Å². The molecule has 1 saturated carbocycles. The van der Waals surface area contributed by atoms with Crippen LogP contribution in [0.25, 0.3) is 0 Å².